The van der Waals surface area contributed by atoms with Crippen LogP contribution in [0.3, 0.4) is 0 Å². The zero-order valence-electron chi connectivity index (χ0n) is 24.5. The lowest BCUT2D eigenvalue weighted by atomic mass is 10.1. The van der Waals surface area contributed by atoms with E-state index >= 15 is 0 Å². The Morgan fingerprint density at radius 3 is 2.33 bits per heavy atom. The highest BCUT2D eigenvalue weighted by Crippen LogP contribution is 2.46. The number of para-hydroxylation sites is 3. The fourth-order valence-electron chi connectivity index (χ4n) is 5.00. The average molecular weight is 589 g/mol. The molecule has 2 heterocycles. The van der Waals surface area contributed by atoms with Crippen LogP contribution in [0.15, 0.2) is 78.0 Å². The number of aromatic nitrogens is 2. The van der Waals surface area contributed by atoms with E-state index in [1.54, 1.807) is 43.0 Å². The molecule has 3 aromatic carbocycles. The number of nitrogens with zero attached hydrogens (tertiary/aromatic N) is 4. The van der Waals surface area contributed by atoms with Gasteiger partial charge in [0.2, 0.25) is 0 Å². The van der Waals surface area contributed by atoms with Gasteiger partial charge in [-0.05, 0) is 62.1 Å². The second kappa shape index (κ2) is 13.0. The maximum atomic E-state index is 13.7. The Bertz CT molecular complexity index is 1620. The van der Waals surface area contributed by atoms with E-state index in [9.17, 15) is 9.36 Å². The molecule has 1 aliphatic rings. The second-order valence-corrected chi connectivity index (χ2v) is 12.5. The summed E-state index contributed by atoms with van der Waals surface area (Å²) in [7, 11) is -3.36. The van der Waals surface area contributed by atoms with E-state index in [4.69, 9.17) is 18.9 Å². The van der Waals surface area contributed by atoms with Gasteiger partial charge in [0.05, 0.1) is 41.8 Å². The van der Waals surface area contributed by atoms with Crippen molar-refractivity contribution in [1.82, 2.24) is 9.55 Å². The third kappa shape index (κ3) is 6.19. The van der Waals surface area contributed by atoms with Crippen molar-refractivity contribution in [2.24, 2.45) is 11.1 Å². The van der Waals surface area contributed by atoms with Crippen LogP contribution in [0, 0.1) is 5.92 Å². The Labute approximate surface area is 246 Å². The Balaban J connectivity index is 1.35. The van der Waals surface area contributed by atoms with Crippen LogP contribution in [0.5, 0.6) is 0 Å². The largest absolute Gasteiger partial charge is 0.390 e. The van der Waals surface area contributed by atoms with Gasteiger partial charge < -0.3 is 18.5 Å². The molecule has 0 spiro atoms. The van der Waals surface area contributed by atoms with Gasteiger partial charge in [-0.25, -0.2) is 4.98 Å². The van der Waals surface area contributed by atoms with Crippen LogP contribution >= 0.6 is 7.60 Å². The Morgan fingerprint density at radius 1 is 0.929 bits per heavy atom. The van der Waals surface area contributed by atoms with Crippen molar-refractivity contribution in [3.05, 3.63) is 89.7 Å². The van der Waals surface area contributed by atoms with Gasteiger partial charge in [-0.1, -0.05) is 61.5 Å². The van der Waals surface area contributed by atoms with Crippen molar-refractivity contribution >= 4 is 41.2 Å². The second-order valence-electron chi connectivity index (χ2n) is 10.5. The van der Waals surface area contributed by atoms with Crippen molar-refractivity contribution in [2.45, 2.75) is 53.8 Å². The lowest BCUT2D eigenvalue weighted by Crippen LogP contribution is -2.31. The minimum absolute atomic E-state index is 0.137. The van der Waals surface area contributed by atoms with Gasteiger partial charge in [-0.15, -0.1) is 0 Å². The molecule has 1 amide bonds. The fourth-order valence-corrected chi connectivity index (χ4v) is 6.57. The number of aryl methyl sites for hydroxylation is 1. The molecule has 0 radical (unpaired) electrons. The molecule has 0 bridgehead atoms. The summed E-state index contributed by atoms with van der Waals surface area (Å²) in [4.78, 5) is 26.0. The van der Waals surface area contributed by atoms with Gasteiger partial charge in [-0.3, -0.25) is 14.3 Å². The summed E-state index contributed by atoms with van der Waals surface area (Å²) in [5.41, 5.74) is 4.53. The first-order valence-electron chi connectivity index (χ1n) is 14.4. The summed E-state index contributed by atoms with van der Waals surface area (Å²) in [6.07, 6.45) is 1.01. The number of carbonyl (C=O) groups excluding carboxylic acids is 1. The average Bonchev–Trinajstić information content (AvgIpc) is 3.47. The summed E-state index contributed by atoms with van der Waals surface area (Å²) in [5, 5.41) is 4.76. The number of fused-ring (bicyclic) bond motifs is 2. The molecule has 220 valence electrons. The molecule has 4 aromatic rings. The summed E-state index contributed by atoms with van der Waals surface area (Å²) in [6.45, 7) is 9.81. The number of amides is 1. The maximum Gasteiger partial charge on any atom is 0.361 e. The highest BCUT2D eigenvalue weighted by molar-refractivity contribution is 7.62. The predicted octanol–water partition coefficient (Wildman–Crippen LogP) is 6.44. The fraction of sp³-hybridized carbons (Fsp3) is 0.344. The third-order valence-corrected chi connectivity index (χ3v) is 9.23. The topological polar surface area (TPSA) is 95.2 Å². The first-order chi connectivity index (χ1) is 20.3. The Hall–Kier alpha value is -3.78. The Kier molecular flexibility index (Phi) is 9.21. The van der Waals surface area contributed by atoms with Crippen LogP contribution in [0.25, 0.3) is 11.0 Å². The number of hydrogen-bond donors (Lipinski definition) is 0. The van der Waals surface area contributed by atoms with E-state index in [0.29, 0.717) is 17.8 Å². The lowest BCUT2D eigenvalue weighted by molar-refractivity contribution is -0.112. The SMILES string of the molecule is CCOP(=O)(OCC)c1ccc(CON=C2C(=O)N(Cc3nc4ccccc4n3CCC(C)C)c3ccccc32)cc1. The standard InChI is InChI=1S/C32H37N4O5P/c1-5-40-42(38,41-6-2)25-17-15-24(16-18-25)22-39-34-31-26-11-7-9-13-28(26)36(32(31)37)21-30-33-27-12-8-10-14-29(27)35(30)20-19-23(3)4/h7-18,23H,5-6,19-22H2,1-4H3. The van der Waals surface area contributed by atoms with Gasteiger partial charge in [0, 0.05) is 12.1 Å². The lowest BCUT2D eigenvalue weighted by Gasteiger charge is -2.18. The van der Waals surface area contributed by atoms with Crippen LogP contribution in [0.4, 0.5) is 5.69 Å². The number of rotatable bonds is 13. The quantitative estimate of drug-likeness (QED) is 0.132. The van der Waals surface area contributed by atoms with E-state index < -0.39 is 7.60 Å². The minimum Gasteiger partial charge on any atom is -0.390 e. The molecule has 5 rings (SSSR count). The van der Waals surface area contributed by atoms with Crippen molar-refractivity contribution in [1.29, 1.82) is 0 Å². The summed E-state index contributed by atoms with van der Waals surface area (Å²) < 4.78 is 26.1. The number of carbonyl (C=O) groups is 1. The number of anilines is 1. The van der Waals surface area contributed by atoms with Gasteiger partial charge in [0.15, 0.2) is 5.71 Å². The van der Waals surface area contributed by atoms with Crippen molar-refractivity contribution in [3.8, 4) is 0 Å². The number of benzene rings is 3. The maximum absolute atomic E-state index is 13.7. The van der Waals surface area contributed by atoms with Crippen molar-refractivity contribution in [2.75, 3.05) is 18.1 Å². The molecule has 1 aromatic heterocycles. The van der Waals surface area contributed by atoms with Crippen molar-refractivity contribution < 1.29 is 23.2 Å². The number of hydrogen-bond acceptors (Lipinski definition) is 7. The molecule has 0 unspecified atom stereocenters. The monoisotopic (exact) mass is 588 g/mol. The van der Waals surface area contributed by atoms with E-state index in [0.717, 1.165) is 46.6 Å². The molecule has 0 fully saturated rings. The van der Waals surface area contributed by atoms with Crippen molar-refractivity contribution in [3.63, 3.8) is 0 Å². The van der Waals surface area contributed by atoms with Gasteiger partial charge >= 0.3 is 7.60 Å². The molecule has 1 aliphatic heterocycles. The van der Waals surface area contributed by atoms with Gasteiger partial charge in [0.25, 0.3) is 5.91 Å². The van der Waals surface area contributed by atoms with E-state index in [1.165, 1.54) is 0 Å². The van der Waals surface area contributed by atoms with E-state index in [-0.39, 0.29) is 31.4 Å². The molecule has 0 atom stereocenters. The molecular formula is C32H37N4O5P. The highest BCUT2D eigenvalue weighted by Gasteiger charge is 2.35. The normalized spacial score (nSPS) is 14.4. The number of oxime groups is 1. The molecular weight excluding hydrogens is 551 g/mol. The van der Waals surface area contributed by atoms with Crippen LogP contribution < -0.4 is 10.2 Å². The van der Waals surface area contributed by atoms with Gasteiger partial charge in [-0.2, -0.15) is 0 Å². The first kappa shape index (κ1) is 29.7. The Morgan fingerprint density at radius 2 is 1.62 bits per heavy atom. The molecule has 9 nitrogen and oxygen atoms in total. The smallest absolute Gasteiger partial charge is 0.361 e. The number of imidazole rings is 1. The zero-order valence-corrected chi connectivity index (χ0v) is 25.4. The summed E-state index contributed by atoms with van der Waals surface area (Å²) >= 11 is 0. The zero-order chi connectivity index (χ0) is 29.7. The molecule has 0 N–H and O–H groups in total. The molecule has 10 heteroatoms. The predicted molar refractivity (Wildman–Crippen MR) is 165 cm³/mol. The minimum atomic E-state index is -3.36. The molecule has 0 aliphatic carbocycles. The van der Waals surface area contributed by atoms with Crippen LogP contribution in [-0.2, 0) is 42.9 Å². The molecule has 42 heavy (non-hydrogen) atoms. The van der Waals surface area contributed by atoms with Crippen LogP contribution in [-0.4, -0.2) is 34.4 Å². The first-order valence-corrected chi connectivity index (χ1v) is 15.9. The van der Waals surface area contributed by atoms with Crippen LogP contribution in [0.1, 0.15) is 51.1 Å². The highest BCUT2D eigenvalue weighted by atomic mass is 31.2. The van der Waals surface area contributed by atoms with Gasteiger partial charge in [0.1, 0.15) is 12.4 Å². The van der Waals surface area contributed by atoms with E-state index in [1.807, 2.05) is 42.5 Å². The van der Waals surface area contributed by atoms with E-state index in [2.05, 4.69) is 29.6 Å². The molecule has 0 saturated heterocycles. The van der Waals surface area contributed by atoms with Crippen LogP contribution in [0.2, 0.25) is 0 Å². The molecule has 0 saturated carbocycles. The summed E-state index contributed by atoms with van der Waals surface area (Å²) in [5.74, 6) is 1.14. The third-order valence-electron chi connectivity index (χ3n) is 7.10. The summed E-state index contributed by atoms with van der Waals surface area (Å²) in [6, 6.07) is 22.7.